The van der Waals surface area contributed by atoms with E-state index in [1.807, 2.05) is 0 Å². The van der Waals surface area contributed by atoms with E-state index in [0.29, 0.717) is 22.6 Å². The highest BCUT2D eigenvalue weighted by atomic mass is 32.2. The second-order valence-electron chi connectivity index (χ2n) is 6.45. The number of carbonyl (C=O) groups excluding carboxylic acids is 3. The van der Waals surface area contributed by atoms with Crippen LogP contribution in [0.5, 0.6) is 0 Å². The molecule has 3 aromatic rings. The Bertz CT molecular complexity index is 1280. The average Bonchev–Trinajstić information content (AvgIpc) is 3.48. The van der Waals surface area contributed by atoms with Gasteiger partial charge in [-0.2, -0.15) is 0 Å². The molecule has 0 bridgehead atoms. The minimum absolute atomic E-state index is 0.0665. The van der Waals surface area contributed by atoms with Crippen molar-refractivity contribution >= 4 is 52.4 Å². The predicted octanol–water partition coefficient (Wildman–Crippen LogP) is 3.13. The van der Waals surface area contributed by atoms with Crippen molar-refractivity contribution in [2.24, 2.45) is 0 Å². The number of amides is 2. The van der Waals surface area contributed by atoms with Crippen LogP contribution in [0.4, 0.5) is 11.6 Å². The number of hydrogen-bond acceptors (Lipinski definition) is 10. The van der Waals surface area contributed by atoms with Crippen molar-refractivity contribution in [2.45, 2.75) is 6.92 Å². The number of thioether (sulfide) groups is 1. The van der Waals surface area contributed by atoms with Crippen LogP contribution in [0.1, 0.15) is 23.0 Å². The van der Waals surface area contributed by atoms with Crippen LogP contribution in [0.15, 0.2) is 50.3 Å². The maximum Gasteiger partial charge on any atom is 0.337 e. The fourth-order valence-electron chi connectivity index (χ4n) is 2.89. The summed E-state index contributed by atoms with van der Waals surface area (Å²) < 4.78 is 15.1. The molecule has 1 aliphatic rings. The fraction of sp³-hybridized carbons (Fsp3) is 0.100. The van der Waals surface area contributed by atoms with E-state index in [4.69, 9.17) is 14.6 Å². The number of aromatic nitrogens is 2. The molecule has 0 spiro atoms. The minimum atomic E-state index is -0.548. The molecule has 1 saturated heterocycles. The normalized spacial score (nSPS) is 14.8. The lowest BCUT2D eigenvalue weighted by atomic mass is 10.1. The summed E-state index contributed by atoms with van der Waals surface area (Å²) in [5, 5.41) is 17.6. The van der Waals surface area contributed by atoms with Gasteiger partial charge in [0.1, 0.15) is 11.5 Å². The highest BCUT2D eigenvalue weighted by Gasteiger charge is 2.38. The van der Waals surface area contributed by atoms with Crippen molar-refractivity contribution in [3.63, 3.8) is 0 Å². The number of methoxy groups -OCH3 is 1. The first-order valence-corrected chi connectivity index (χ1v) is 9.90. The van der Waals surface area contributed by atoms with Crippen LogP contribution in [-0.2, 0) is 14.3 Å². The summed E-state index contributed by atoms with van der Waals surface area (Å²) >= 11 is 0.894. The van der Waals surface area contributed by atoms with E-state index in [-0.39, 0.29) is 21.7 Å². The largest absolute Gasteiger partial charge is 0.465 e. The Labute approximate surface area is 184 Å². The Morgan fingerprint density at radius 3 is 2.81 bits per heavy atom. The Kier molecular flexibility index (Phi) is 5.60. The summed E-state index contributed by atoms with van der Waals surface area (Å²) in [5.74, 6) is -0.744. The number of benzene rings is 1. The molecule has 3 heterocycles. The maximum absolute atomic E-state index is 12.9. The Balaban J connectivity index is 1.59. The highest BCUT2D eigenvalue weighted by molar-refractivity contribution is 8.19. The third-order valence-electron chi connectivity index (χ3n) is 4.27. The third kappa shape index (κ3) is 4.03. The topological polar surface area (TPSA) is 152 Å². The van der Waals surface area contributed by atoms with Gasteiger partial charge in [0.2, 0.25) is 17.5 Å². The van der Waals surface area contributed by atoms with Gasteiger partial charge in [-0.05, 0) is 46.3 Å². The van der Waals surface area contributed by atoms with Crippen molar-refractivity contribution in [1.82, 2.24) is 10.3 Å². The van der Waals surface area contributed by atoms with E-state index in [0.717, 1.165) is 16.7 Å². The third-order valence-corrected chi connectivity index (χ3v) is 5.16. The molecular weight excluding hydrogens is 438 g/mol. The monoisotopic (exact) mass is 453 g/mol. The number of rotatable bonds is 5. The van der Waals surface area contributed by atoms with Crippen LogP contribution < -0.4 is 10.2 Å². The van der Waals surface area contributed by atoms with Gasteiger partial charge in [-0.1, -0.05) is 12.1 Å². The molecule has 4 rings (SSSR count). The number of furan rings is 1. The Hall–Kier alpha value is -4.19. The lowest BCUT2D eigenvalue weighted by molar-refractivity contribution is -0.114. The lowest BCUT2D eigenvalue weighted by Crippen LogP contribution is -2.29. The molecule has 1 fully saturated rings. The van der Waals surface area contributed by atoms with E-state index in [1.165, 1.54) is 20.1 Å². The SMILES string of the molecule is COC(=O)c1cccc(-c2ccc(C=C3SC(=N)N(c4nonc4NC(C)=O)C3=O)o2)c1. The Morgan fingerprint density at radius 2 is 2.06 bits per heavy atom. The zero-order valence-corrected chi connectivity index (χ0v) is 17.6. The summed E-state index contributed by atoms with van der Waals surface area (Å²) in [6, 6.07) is 10.1. The summed E-state index contributed by atoms with van der Waals surface area (Å²) in [6.07, 6.45) is 1.49. The van der Waals surface area contributed by atoms with Crippen LogP contribution in [0.25, 0.3) is 17.4 Å². The summed E-state index contributed by atoms with van der Waals surface area (Å²) in [6.45, 7) is 1.27. The van der Waals surface area contributed by atoms with Crippen LogP contribution in [0.2, 0.25) is 0 Å². The average molecular weight is 453 g/mol. The first-order valence-electron chi connectivity index (χ1n) is 9.08. The second kappa shape index (κ2) is 8.51. The van der Waals surface area contributed by atoms with Gasteiger partial charge in [-0.25, -0.2) is 14.3 Å². The van der Waals surface area contributed by atoms with Crippen LogP contribution in [-0.4, -0.2) is 40.4 Å². The van der Waals surface area contributed by atoms with E-state index in [1.54, 1.807) is 36.4 Å². The second-order valence-corrected chi connectivity index (χ2v) is 7.48. The quantitative estimate of drug-likeness (QED) is 0.438. The molecule has 162 valence electrons. The van der Waals surface area contributed by atoms with E-state index < -0.39 is 17.8 Å². The Morgan fingerprint density at radius 1 is 1.25 bits per heavy atom. The van der Waals surface area contributed by atoms with Crippen molar-refractivity contribution in [3.05, 3.63) is 52.6 Å². The van der Waals surface area contributed by atoms with E-state index in [2.05, 4.69) is 20.3 Å². The van der Waals surface area contributed by atoms with E-state index in [9.17, 15) is 14.4 Å². The number of ether oxygens (including phenoxy) is 1. The zero-order valence-electron chi connectivity index (χ0n) is 16.7. The van der Waals surface area contributed by atoms with Gasteiger partial charge in [0.15, 0.2) is 5.17 Å². The first-order chi connectivity index (χ1) is 15.4. The van der Waals surface area contributed by atoms with Crippen molar-refractivity contribution in [2.75, 3.05) is 17.3 Å². The van der Waals surface area contributed by atoms with Gasteiger partial charge in [-0.15, -0.1) is 0 Å². The van der Waals surface area contributed by atoms with Crippen molar-refractivity contribution < 1.29 is 28.2 Å². The lowest BCUT2D eigenvalue weighted by Gasteiger charge is -2.10. The number of nitrogens with zero attached hydrogens (tertiary/aromatic N) is 3. The predicted molar refractivity (Wildman–Crippen MR) is 115 cm³/mol. The molecule has 12 heteroatoms. The van der Waals surface area contributed by atoms with Crippen LogP contribution in [0, 0.1) is 5.41 Å². The number of carbonyl (C=O) groups is 3. The number of hydrogen-bond donors (Lipinski definition) is 2. The van der Waals surface area contributed by atoms with Gasteiger partial charge < -0.3 is 14.5 Å². The molecule has 1 aliphatic heterocycles. The molecule has 32 heavy (non-hydrogen) atoms. The number of esters is 1. The highest BCUT2D eigenvalue weighted by Crippen LogP contribution is 2.37. The van der Waals surface area contributed by atoms with Gasteiger partial charge in [0.05, 0.1) is 17.6 Å². The number of anilines is 2. The van der Waals surface area contributed by atoms with Crippen LogP contribution >= 0.6 is 11.8 Å². The molecule has 1 aromatic carbocycles. The molecule has 0 aliphatic carbocycles. The zero-order chi connectivity index (χ0) is 22.8. The summed E-state index contributed by atoms with van der Waals surface area (Å²) in [7, 11) is 1.30. The van der Waals surface area contributed by atoms with Crippen LogP contribution in [0.3, 0.4) is 0 Å². The molecule has 0 unspecified atom stereocenters. The number of amidine groups is 1. The molecule has 0 saturated carbocycles. The number of nitrogens with one attached hydrogen (secondary N) is 2. The van der Waals surface area contributed by atoms with Gasteiger partial charge >= 0.3 is 5.97 Å². The maximum atomic E-state index is 12.9. The molecule has 2 N–H and O–H groups in total. The molecular formula is C20H15N5O6S. The van der Waals surface area contributed by atoms with Crippen molar-refractivity contribution in [3.8, 4) is 11.3 Å². The molecule has 11 nitrogen and oxygen atoms in total. The van der Waals surface area contributed by atoms with Gasteiger partial charge in [-0.3, -0.25) is 15.0 Å². The smallest absolute Gasteiger partial charge is 0.337 e. The molecule has 0 radical (unpaired) electrons. The summed E-state index contributed by atoms with van der Waals surface area (Å²) in [4.78, 5) is 37.1. The fourth-order valence-corrected chi connectivity index (χ4v) is 3.71. The van der Waals surface area contributed by atoms with Crippen molar-refractivity contribution in [1.29, 1.82) is 5.41 Å². The molecule has 2 aromatic heterocycles. The minimum Gasteiger partial charge on any atom is -0.465 e. The molecule has 2 amide bonds. The van der Waals surface area contributed by atoms with Gasteiger partial charge in [0.25, 0.3) is 5.91 Å². The van der Waals surface area contributed by atoms with E-state index >= 15 is 0 Å². The molecule has 0 atom stereocenters. The van der Waals surface area contributed by atoms with Gasteiger partial charge in [0, 0.05) is 18.6 Å². The summed E-state index contributed by atoms with van der Waals surface area (Å²) in [5.41, 5.74) is 1.04. The standard InChI is InChI=1S/C20H15N5O6S/c1-10(26)22-16-17(24-31-23-16)25-18(27)15(32-20(25)21)9-13-6-7-14(30-13)11-4-3-5-12(8-11)19(28)29-2/h3-9,21H,1-2H3,(H,22,23,26). The first kappa shape index (κ1) is 21.1.